The van der Waals surface area contributed by atoms with Gasteiger partial charge in [0.15, 0.2) is 0 Å². The molecule has 1 aliphatic rings. The predicted molar refractivity (Wildman–Crippen MR) is 75.2 cm³/mol. The number of phenols is 1. The summed E-state index contributed by atoms with van der Waals surface area (Å²) in [4.78, 5) is 13.5. The first-order valence-corrected chi connectivity index (χ1v) is 6.97. The SMILES string of the molecule is CC1CN(C(C(=O)O)c2ccc(O)c(Br)c2)CCN1. The third kappa shape index (κ3) is 3.26. The first-order chi connectivity index (χ1) is 8.99. The number of piperazine rings is 1. The van der Waals surface area contributed by atoms with E-state index in [1.807, 2.05) is 11.8 Å². The van der Waals surface area contributed by atoms with Crippen LogP contribution in [0.1, 0.15) is 18.5 Å². The molecule has 0 aromatic heterocycles. The quantitative estimate of drug-likeness (QED) is 0.785. The van der Waals surface area contributed by atoms with Crippen LogP contribution in [0.3, 0.4) is 0 Å². The number of aliphatic carboxylic acids is 1. The van der Waals surface area contributed by atoms with E-state index in [4.69, 9.17) is 0 Å². The van der Waals surface area contributed by atoms with Crippen LogP contribution in [0.25, 0.3) is 0 Å². The van der Waals surface area contributed by atoms with Crippen molar-refractivity contribution < 1.29 is 15.0 Å². The summed E-state index contributed by atoms with van der Waals surface area (Å²) in [6.45, 7) is 4.21. The predicted octanol–water partition coefficient (Wildman–Crippen LogP) is 1.57. The van der Waals surface area contributed by atoms with E-state index in [0.717, 1.165) is 6.54 Å². The van der Waals surface area contributed by atoms with Crippen LogP contribution >= 0.6 is 15.9 Å². The third-order valence-corrected chi connectivity index (χ3v) is 3.92. The van der Waals surface area contributed by atoms with Gasteiger partial charge in [0, 0.05) is 25.7 Å². The Balaban J connectivity index is 2.28. The second-order valence-corrected chi connectivity index (χ2v) is 5.66. The van der Waals surface area contributed by atoms with Gasteiger partial charge in [-0.2, -0.15) is 0 Å². The molecule has 104 valence electrons. The van der Waals surface area contributed by atoms with Gasteiger partial charge in [0.05, 0.1) is 4.47 Å². The summed E-state index contributed by atoms with van der Waals surface area (Å²) in [6.07, 6.45) is 0. The molecule has 1 fully saturated rings. The minimum Gasteiger partial charge on any atom is -0.507 e. The third-order valence-electron chi connectivity index (χ3n) is 3.29. The number of aromatic hydroxyl groups is 1. The van der Waals surface area contributed by atoms with Crippen LogP contribution < -0.4 is 5.32 Å². The zero-order chi connectivity index (χ0) is 14.0. The van der Waals surface area contributed by atoms with E-state index >= 15 is 0 Å². The molecule has 2 rings (SSSR count). The smallest absolute Gasteiger partial charge is 0.325 e. The molecule has 0 saturated carbocycles. The lowest BCUT2D eigenvalue weighted by molar-refractivity contribution is -0.144. The van der Waals surface area contributed by atoms with Gasteiger partial charge in [-0.3, -0.25) is 9.69 Å². The zero-order valence-electron chi connectivity index (χ0n) is 10.6. The molecule has 19 heavy (non-hydrogen) atoms. The van der Waals surface area contributed by atoms with E-state index in [2.05, 4.69) is 21.2 Å². The number of carboxylic acids is 1. The van der Waals surface area contributed by atoms with E-state index in [9.17, 15) is 15.0 Å². The van der Waals surface area contributed by atoms with Crippen molar-refractivity contribution in [3.05, 3.63) is 28.2 Å². The lowest BCUT2D eigenvalue weighted by Gasteiger charge is -2.36. The largest absolute Gasteiger partial charge is 0.507 e. The molecule has 0 radical (unpaired) electrons. The van der Waals surface area contributed by atoms with Crippen LogP contribution in [0, 0.1) is 0 Å². The minimum absolute atomic E-state index is 0.113. The zero-order valence-corrected chi connectivity index (χ0v) is 12.2. The van der Waals surface area contributed by atoms with Crippen LogP contribution in [-0.4, -0.2) is 46.8 Å². The van der Waals surface area contributed by atoms with Crippen molar-refractivity contribution in [2.75, 3.05) is 19.6 Å². The van der Waals surface area contributed by atoms with Crippen molar-refractivity contribution in [3.8, 4) is 5.75 Å². The normalized spacial score (nSPS) is 22.1. The van der Waals surface area contributed by atoms with Crippen molar-refractivity contribution in [2.45, 2.75) is 19.0 Å². The highest BCUT2D eigenvalue weighted by molar-refractivity contribution is 9.10. The number of carboxylic acid groups (broad SMARTS) is 1. The van der Waals surface area contributed by atoms with E-state index in [1.54, 1.807) is 12.1 Å². The number of hydrogen-bond acceptors (Lipinski definition) is 4. The number of nitrogens with zero attached hydrogens (tertiary/aromatic N) is 1. The highest BCUT2D eigenvalue weighted by Crippen LogP contribution is 2.30. The number of phenolic OH excluding ortho intramolecular Hbond substituents is 1. The highest BCUT2D eigenvalue weighted by atomic mass is 79.9. The molecule has 2 unspecified atom stereocenters. The van der Waals surface area contributed by atoms with Crippen LogP contribution in [-0.2, 0) is 4.79 Å². The number of carbonyl (C=O) groups is 1. The average molecular weight is 329 g/mol. The fourth-order valence-corrected chi connectivity index (χ4v) is 2.80. The molecular formula is C13H17BrN2O3. The second-order valence-electron chi connectivity index (χ2n) is 4.80. The number of nitrogens with one attached hydrogen (secondary N) is 1. The van der Waals surface area contributed by atoms with Gasteiger partial charge >= 0.3 is 5.97 Å². The molecule has 0 aliphatic carbocycles. The van der Waals surface area contributed by atoms with Gasteiger partial charge in [-0.05, 0) is 40.5 Å². The summed E-state index contributed by atoms with van der Waals surface area (Å²) < 4.78 is 0.513. The monoisotopic (exact) mass is 328 g/mol. The molecule has 6 heteroatoms. The number of benzene rings is 1. The van der Waals surface area contributed by atoms with Crippen molar-refractivity contribution in [2.24, 2.45) is 0 Å². The maximum absolute atomic E-state index is 11.6. The lowest BCUT2D eigenvalue weighted by atomic mass is 10.0. The van der Waals surface area contributed by atoms with E-state index < -0.39 is 12.0 Å². The van der Waals surface area contributed by atoms with Crippen molar-refractivity contribution in [1.29, 1.82) is 0 Å². The van der Waals surface area contributed by atoms with Gasteiger partial charge in [0.2, 0.25) is 0 Å². The minimum atomic E-state index is -0.869. The Morgan fingerprint density at radius 2 is 2.32 bits per heavy atom. The Hall–Kier alpha value is -1.11. The molecule has 2 atom stereocenters. The standard InChI is InChI=1S/C13H17BrN2O3/c1-8-7-16(5-4-15-8)12(13(18)19)9-2-3-11(17)10(14)6-9/h2-3,6,8,12,15,17H,4-5,7H2,1H3,(H,18,19). The van der Waals surface area contributed by atoms with Crippen LogP contribution in [0.2, 0.25) is 0 Å². The number of halogens is 1. The molecule has 3 N–H and O–H groups in total. The fourth-order valence-electron chi connectivity index (χ4n) is 2.40. The van der Waals surface area contributed by atoms with Gasteiger partial charge in [-0.15, -0.1) is 0 Å². The van der Waals surface area contributed by atoms with Crippen LogP contribution in [0.5, 0.6) is 5.75 Å². The molecular weight excluding hydrogens is 312 g/mol. The topological polar surface area (TPSA) is 72.8 Å². The summed E-state index contributed by atoms with van der Waals surface area (Å²) in [5, 5.41) is 22.3. The van der Waals surface area contributed by atoms with Crippen molar-refractivity contribution >= 4 is 21.9 Å². The molecule has 1 saturated heterocycles. The molecule has 0 amide bonds. The summed E-state index contributed by atoms with van der Waals surface area (Å²) in [6, 6.07) is 4.44. The highest BCUT2D eigenvalue weighted by Gasteiger charge is 2.30. The molecule has 1 heterocycles. The summed E-state index contributed by atoms with van der Waals surface area (Å²) >= 11 is 3.23. The number of rotatable bonds is 3. The number of hydrogen-bond donors (Lipinski definition) is 3. The molecule has 1 aromatic carbocycles. The van der Waals surface area contributed by atoms with E-state index in [-0.39, 0.29) is 11.8 Å². The summed E-state index contributed by atoms with van der Waals surface area (Å²) in [7, 11) is 0. The Morgan fingerprint density at radius 1 is 1.58 bits per heavy atom. The van der Waals surface area contributed by atoms with Gasteiger partial charge < -0.3 is 15.5 Å². The summed E-state index contributed by atoms with van der Waals surface area (Å²) in [5.41, 5.74) is 0.672. The van der Waals surface area contributed by atoms with Crippen LogP contribution in [0.15, 0.2) is 22.7 Å². The fraction of sp³-hybridized carbons (Fsp3) is 0.462. The Bertz CT molecular complexity index is 481. The molecule has 1 aliphatic heterocycles. The first-order valence-electron chi connectivity index (χ1n) is 6.17. The summed E-state index contributed by atoms with van der Waals surface area (Å²) in [5.74, 6) is -0.756. The Labute approximate surface area is 120 Å². The molecule has 1 aromatic rings. The van der Waals surface area contributed by atoms with Crippen molar-refractivity contribution in [3.63, 3.8) is 0 Å². The van der Waals surface area contributed by atoms with Crippen molar-refractivity contribution in [1.82, 2.24) is 10.2 Å². The van der Waals surface area contributed by atoms with Crippen LogP contribution in [0.4, 0.5) is 0 Å². The molecule has 0 bridgehead atoms. The first kappa shape index (κ1) is 14.3. The van der Waals surface area contributed by atoms with Gasteiger partial charge in [-0.1, -0.05) is 6.07 Å². The molecule has 5 nitrogen and oxygen atoms in total. The van der Waals surface area contributed by atoms with Gasteiger partial charge in [0.1, 0.15) is 11.8 Å². The lowest BCUT2D eigenvalue weighted by Crippen LogP contribution is -2.51. The second kappa shape index (κ2) is 5.90. The maximum atomic E-state index is 11.6. The van der Waals surface area contributed by atoms with E-state index in [0.29, 0.717) is 23.1 Å². The van der Waals surface area contributed by atoms with E-state index in [1.165, 1.54) is 6.07 Å². The molecule has 0 spiro atoms. The van der Waals surface area contributed by atoms with Gasteiger partial charge in [0.25, 0.3) is 0 Å². The Kier molecular flexibility index (Phi) is 4.44. The Morgan fingerprint density at radius 3 is 2.89 bits per heavy atom. The maximum Gasteiger partial charge on any atom is 0.325 e. The average Bonchev–Trinajstić information content (AvgIpc) is 2.33. The van der Waals surface area contributed by atoms with Gasteiger partial charge in [-0.25, -0.2) is 0 Å².